The summed E-state index contributed by atoms with van der Waals surface area (Å²) in [6.07, 6.45) is 6.07. The summed E-state index contributed by atoms with van der Waals surface area (Å²) in [7, 11) is 1.76. The molecule has 182 valence electrons. The summed E-state index contributed by atoms with van der Waals surface area (Å²) in [5, 5.41) is 5.83. The zero-order valence-electron chi connectivity index (χ0n) is 19.7. The Hall–Kier alpha value is -2.45. The molecule has 0 spiro atoms. The lowest BCUT2D eigenvalue weighted by Gasteiger charge is -2.31. The fourth-order valence-electron chi connectivity index (χ4n) is 4.93. The van der Waals surface area contributed by atoms with Crippen molar-refractivity contribution in [2.75, 3.05) is 33.3 Å². The standard InChI is InChI=1S/C25H38N4O4/c1-33-20-10-16-29(17-11-20)15-7-14-27-22(30)21(18-19-8-3-2-4-9-19)28-24(32)25(23(26)31)12-5-6-13-25/h2-4,8-9,20-21H,5-7,10-18H2,1H3,(H2,26,31)(H,27,30)(H,28,32)/t21-/m1/s1. The summed E-state index contributed by atoms with van der Waals surface area (Å²) in [4.78, 5) is 40.6. The average molecular weight is 459 g/mol. The Labute approximate surface area is 196 Å². The second kappa shape index (κ2) is 12.1. The Morgan fingerprint density at radius 2 is 1.82 bits per heavy atom. The smallest absolute Gasteiger partial charge is 0.242 e. The predicted octanol–water partition coefficient (Wildman–Crippen LogP) is 1.38. The van der Waals surface area contributed by atoms with Gasteiger partial charge in [0.05, 0.1) is 6.10 Å². The number of piperidine rings is 1. The number of rotatable bonds is 11. The van der Waals surface area contributed by atoms with Gasteiger partial charge in [-0.15, -0.1) is 0 Å². The third-order valence-corrected chi connectivity index (χ3v) is 7.09. The van der Waals surface area contributed by atoms with Crippen LogP contribution in [0.15, 0.2) is 30.3 Å². The van der Waals surface area contributed by atoms with Crippen LogP contribution in [-0.2, 0) is 25.5 Å². The van der Waals surface area contributed by atoms with Crippen molar-refractivity contribution in [2.45, 2.75) is 63.5 Å². The molecular formula is C25H38N4O4. The number of amides is 3. The van der Waals surface area contributed by atoms with Crippen molar-refractivity contribution in [3.05, 3.63) is 35.9 Å². The molecule has 0 unspecified atom stereocenters. The van der Waals surface area contributed by atoms with E-state index in [1.807, 2.05) is 30.3 Å². The molecule has 2 aliphatic rings. The third kappa shape index (κ3) is 6.77. The maximum absolute atomic E-state index is 13.1. The normalized spacial score (nSPS) is 19.7. The van der Waals surface area contributed by atoms with E-state index in [2.05, 4.69) is 15.5 Å². The highest BCUT2D eigenvalue weighted by Gasteiger charge is 2.47. The van der Waals surface area contributed by atoms with Crippen LogP contribution in [-0.4, -0.2) is 68.1 Å². The fraction of sp³-hybridized carbons (Fsp3) is 0.640. The van der Waals surface area contributed by atoms with E-state index in [1.165, 1.54) is 0 Å². The predicted molar refractivity (Wildman–Crippen MR) is 126 cm³/mol. The molecule has 8 heteroatoms. The molecule has 1 aliphatic heterocycles. The number of benzene rings is 1. The van der Waals surface area contributed by atoms with E-state index in [1.54, 1.807) is 7.11 Å². The van der Waals surface area contributed by atoms with Crippen molar-refractivity contribution in [3.8, 4) is 0 Å². The van der Waals surface area contributed by atoms with Crippen LogP contribution in [0.4, 0.5) is 0 Å². The quantitative estimate of drug-likeness (QED) is 0.342. The summed E-state index contributed by atoms with van der Waals surface area (Å²) in [6.45, 7) is 3.46. The topological polar surface area (TPSA) is 114 Å². The van der Waals surface area contributed by atoms with Crippen LogP contribution in [0.25, 0.3) is 0 Å². The summed E-state index contributed by atoms with van der Waals surface area (Å²) < 4.78 is 5.41. The van der Waals surface area contributed by atoms with Crippen molar-refractivity contribution in [2.24, 2.45) is 11.1 Å². The van der Waals surface area contributed by atoms with Gasteiger partial charge < -0.3 is 26.0 Å². The Bertz CT molecular complexity index is 787. The number of carbonyl (C=O) groups is 3. The molecule has 1 aliphatic carbocycles. The number of hydrogen-bond donors (Lipinski definition) is 3. The Morgan fingerprint density at radius 1 is 1.15 bits per heavy atom. The molecule has 0 aromatic heterocycles. The molecular weight excluding hydrogens is 420 g/mol. The number of primary amides is 1. The number of methoxy groups -OCH3 is 1. The van der Waals surface area contributed by atoms with Gasteiger partial charge in [-0.3, -0.25) is 14.4 Å². The van der Waals surface area contributed by atoms with Gasteiger partial charge in [0.25, 0.3) is 0 Å². The number of likely N-dealkylation sites (tertiary alicyclic amines) is 1. The number of carbonyl (C=O) groups excluding carboxylic acids is 3. The summed E-state index contributed by atoms with van der Waals surface area (Å²) in [5.74, 6) is -1.26. The molecule has 3 rings (SSSR count). The van der Waals surface area contributed by atoms with Gasteiger partial charge in [0, 0.05) is 33.2 Å². The van der Waals surface area contributed by atoms with Gasteiger partial charge in [0.2, 0.25) is 17.7 Å². The van der Waals surface area contributed by atoms with E-state index in [-0.39, 0.29) is 5.91 Å². The van der Waals surface area contributed by atoms with Crippen LogP contribution in [0.3, 0.4) is 0 Å². The van der Waals surface area contributed by atoms with Gasteiger partial charge in [0.15, 0.2) is 0 Å². The minimum atomic E-state index is -1.20. The first-order valence-electron chi connectivity index (χ1n) is 12.1. The molecule has 2 fully saturated rings. The Morgan fingerprint density at radius 3 is 2.42 bits per heavy atom. The van der Waals surface area contributed by atoms with Crippen LogP contribution < -0.4 is 16.4 Å². The van der Waals surface area contributed by atoms with Gasteiger partial charge in [-0.05, 0) is 44.2 Å². The van der Waals surface area contributed by atoms with Crippen LogP contribution in [0.5, 0.6) is 0 Å². The lowest BCUT2D eigenvalue weighted by atomic mass is 9.84. The van der Waals surface area contributed by atoms with Gasteiger partial charge in [-0.2, -0.15) is 0 Å². The molecule has 1 aromatic carbocycles. The summed E-state index contributed by atoms with van der Waals surface area (Å²) >= 11 is 0. The molecule has 33 heavy (non-hydrogen) atoms. The Kier molecular flexibility index (Phi) is 9.26. The zero-order valence-corrected chi connectivity index (χ0v) is 19.7. The number of nitrogens with zero attached hydrogens (tertiary/aromatic N) is 1. The largest absolute Gasteiger partial charge is 0.381 e. The summed E-state index contributed by atoms with van der Waals surface area (Å²) in [5.41, 5.74) is 5.35. The highest BCUT2D eigenvalue weighted by molar-refractivity contribution is 6.05. The maximum Gasteiger partial charge on any atom is 0.242 e. The summed E-state index contributed by atoms with van der Waals surface area (Å²) in [6, 6.07) is 8.81. The highest BCUT2D eigenvalue weighted by Crippen LogP contribution is 2.38. The fourth-order valence-corrected chi connectivity index (χ4v) is 4.93. The molecule has 1 saturated heterocycles. The number of hydrogen-bond acceptors (Lipinski definition) is 5. The van der Waals surface area contributed by atoms with E-state index in [4.69, 9.17) is 10.5 Å². The average Bonchev–Trinajstić information content (AvgIpc) is 3.34. The monoisotopic (exact) mass is 458 g/mol. The SMILES string of the molecule is COC1CCN(CCCNC(=O)[C@@H](Cc2ccccc2)NC(=O)C2(C(N)=O)CCCC2)CC1. The van der Waals surface area contributed by atoms with E-state index in [0.29, 0.717) is 31.9 Å². The molecule has 1 atom stereocenters. The van der Waals surface area contributed by atoms with E-state index in [9.17, 15) is 14.4 Å². The number of ether oxygens (including phenoxy) is 1. The second-order valence-electron chi connectivity index (χ2n) is 9.29. The van der Waals surface area contributed by atoms with Crippen molar-refractivity contribution >= 4 is 17.7 Å². The van der Waals surface area contributed by atoms with Crippen molar-refractivity contribution in [1.82, 2.24) is 15.5 Å². The zero-order chi connectivity index (χ0) is 23.7. The lowest BCUT2D eigenvalue weighted by molar-refractivity contribution is -0.143. The first-order valence-corrected chi connectivity index (χ1v) is 12.1. The van der Waals surface area contributed by atoms with Crippen LogP contribution >= 0.6 is 0 Å². The van der Waals surface area contributed by atoms with E-state index < -0.39 is 23.3 Å². The van der Waals surface area contributed by atoms with Crippen molar-refractivity contribution < 1.29 is 19.1 Å². The maximum atomic E-state index is 13.1. The molecule has 8 nitrogen and oxygen atoms in total. The minimum Gasteiger partial charge on any atom is -0.381 e. The van der Waals surface area contributed by atoms with Gasteiger partial charge >= 0.3 is 0 Å². The third-order valence-electron chi connectivity index (χ3n) is 7.09. The molecule has 1 heterocycles. The molecule has 3 amide bonds. The molecule has 4 N–H and O–H groups in total. The number of nitrogens with two attached hydrogens (primary N) is 1. The van der Waals surface area contributed by atoms with E-state index >= 15 is 0 Å². The lowest BCUT2D eigenvalue weighted by Crippen LogP contribution is -2.55. The van der Waals surface area contributed by atoms with E-state index in [0.717, 1.165) is 57.3 Å². The molecule has 1 aromatic rings. The van der Waals surface area contributed by atoms with Gasteiger partial charge in [-0.1, -0.05) is 43.2 Å². The molecule has 1 saturated carbocycles. The first kappa shape index (κ1) is 25.2. The number of nitrogens with one attached hydrogen (secondary N) is 2. The van der Waals surface area contributed by atoms with Crippen LogP contribution in [0, 0.1) is 5.41 Å². The van der Waals surface area contributed by atoms with Crippen LogP contribution in [0.1, 0.15) is 50.5 Å². The van der Waals surface area contributed by atoms with Gasteiger partial charge in [0.1, 0.15) is 11.5 Å². The Balaban J connectivity index is 1.55. The van der Waals surface area contributed by atoms with Crippen molar-refractivity contribution in [3.63, 3.8) is 0 Å². The minimum absolute atomic E-state index is 0.233. The van der Waals surface area contributed by atoms with Gasteiger partial charge in [-0.25, -0.2) is 0 Å². The molecule has 0 radical (unpaired) electrons. The second-order valence-corrected chi connectivity index (χ2v) is 9.29. The van der Waals surface area contributed by atoms with Crippen molar-refractivity contribution in [1.29, 1.82) is 0 Å². The van der Waals surface area contributed by atoms with Crippen LogP contribution in [0.2, 0.25) is 0 Å². The molecule has 0 bridgehead atoms. The first-order chi connectivity index (χ1) is 15.9. The highest BCUT2D eigenvalue weighted by atomic mass is 16.5.